The van der Waals surface area contributed by atoms with Crippen molar-refractivity contribution in [2.75, 3.05) is 0 Å². The molecule has 0 radical (unpaired) electrons. The molecular weight excluding hydrogens is 408 g/mol. The third kappa shape index (κ3) is 3.63. The molecule has 4 aliphatic rings. The quantitative estimate of drug-likeness (QED) is 0.467. The van der Waals surface area contributed by atoms with Gasteiger partial charge in [-0.2, -0.15) is 0 Å². The number of allylic oxidation sites excluding steroid dienone is 3. The van der Waals surface area contributed by atoms with Gasteiger partial charge in [-0.3, -0.25) is 4.79 Å². The molecule has 0 spiro atoms. The van der Waals surface area contributed by atoms with Crippen LogP contribution in [0.1, 0.15) is 107 Å². The number of ketones is 1. The molecule has 0 aromatic carbocycles. The van der Waals surface area contributed by atoms with E-state index in [9.17, 15) is 15.0 Å². The van der Waals surface area contributed by atoms with Crippen molar-refractivity contribution in [3.63, 3.8) is 0 Å². The van der Waals surface area contributed by atoms with E-state index in [4.69, 9.17) is 0 Å². The lowest BCUT2D eigenvalue weighted by atomic mass is 9.43. The third-order valence-electron chi connectivity index (χ3n) is 11.3. The zero-order chi connectivity index (χ0) is 24.6. The van der Waals surface area contributed by atoms with Gasteiger partial charge in [0, 0.05) is 17.4 Å². The number of fused-ring (bicyclic) bond motifs is 4. The fourth-order valence-electron chi connectivity index (χ4n) is 9.04. The molecule has 0 bridgehead atoms. The van der Waals surface area contributed by atoms with Gasteiger partial charge in [-0.1, -0.05) is 59.3 Å². The predicted molar refractivity (Wildman–Crippen MR) is 135 cm³/mol. The highest BCUT2D eigenvalue weighted by Gasteiger charge is 2.65. The normalized spacial score (nSPS) is 43.9. The average Bonchev–Trinajstić information content (AvgIpc) is 2.97. The van der Waals surface area contributed by atoms with Gasteiger partial charge >= 0.3 is 0 Å². The standard InChI is InChI=1S/C30H48O3/c1-19(10-9-14-26(2,3)33)20-11-17-30(8)25-21(12-16-29(20,30)7)28(6)15-13-24(32)27(4,5)23(28)18-22(25)31/h9,14,19-20,23-24,32-33H,10-13,15-18H2,1-8H3/b14-9-/t19-,20+,23+,24+,28-,29+,30-/m1/s1. The number of carbonyl (C=O) groups is 1. The highest BCUT2D eigenvalue weighted by atomic mass is 16.3. The Hall–Kier alpha value is -0.930. The number of rotatable bonds is 4. The molecule has 0 heterocycles. The Morgan fingerprint density at radius 1 is 1.09 bits per heavy atom. The van der Waals surface area contributed by atoms with Crippen LogP contribution in [0.5, 0.6) is 0 Å². The lowest BCUT2D eigenvalue weighted by molar-refractivity contribution is -0.134. The Morgan fingerprint density at radius 3 is 2.39 bits per heavy atom. The van der Waals surface area contributed by atoms with Crippen molar-refractivity contribution >= 4 is 5.78 Å². The van der Waals surface area contributed by atoms with Gasteiger partial charge < -0.3 is 10.2 Å². The van der Waals surface area contributed by atoms with Gasteiger partial charge in [0.1, 0.15) is 0 Å². The van der Waals surface area contributed by atoms with E-state index in [1.54, 1.807) is 0 Å². The van der Waals surface area contributed by atoms with Crippen LogP contribution in [-0.4, -0.2) is 27.7 Å². The summed E-state index contributed by atoms with van der Waals surface area (Å²) in [6.45, 7) is 17.7. The van der Waals surface area contributed by atoms with Crippen molar-refractivity contribution in [3.8, 4) is 0 Å². The van der Waals surface area contributed by atoms with E-state index in [1.807, 2.05) is 19.9 Å². The molecule has 0 amide bonds. The van der Waals surface area contributed by atoms with Crippen LogP contribution in [0, 0.1) is 39.4 Å². The molecular formula is C30H48O3. The summed E-state index contributed by atoms with van der Waals surface area (Å²) in [6, 6.07) is 0. The Morgan fingerprint density at radius 2 is 1.76 bits per heavy atom. The molecule has 0 unspecified atom stereocenters. The first kappa shape index (κ1) is 25.2. The number of aliphatic hydroxyl groups is 2. The summed E-state index contributed by atoms with van der Waals surface area (Å²) in [4.78, 5) is 13.9. The van der Waals surface area contributed by atoms with Gasteiger partial charge in [-0.05, 0) is 92.8 Å². The number of hydrogen-bond acceptors (Lipinski definition) is 3. The smallest absolute Gasteiger partial charge is 0.159 e. The number of hydrogen-bond donors (Lipinski definition) is 2. The van der Waals surface area contributed by atoms with Crippen molar-refractivity contribution in [3.05, 3.63) is 23.3 Å². The minimum Gasteiger partial charge on any atom is -0.393 e. The SMILES string of the molecule is C[C@H](C/C=C\C(C)(C)O)[C@@H]1CC[C@]2(C)C3=C(CC[C@@]12C)[C@@]1(C)CC[C@H](O)C(C)(C)[C@@H]1CC3=O. The molecule has 0 saturated heterocycles. The molecule has 0 aromatic rings. The summed E-state index contributed by atoms with van der Waals surface area (Å²) < 4.78 is 0. The highest BCUT2D eigenvalue weighted by Crippen LogP contribution is 2.71. The molecule has 2 N–H and O–H groups in total. The zero-order valence-electron chi connectivity index (χ0n) is 22.4. The van der Waals surface area contributed by atoms with Gasteiger partial charge in [-0.15, -0.1) is 0 Å². The van der Waals surface area contributed by atoms with E-state index >= 15 is 0 Å². The van der Waals surface area contributed by atoms with E-state index in [1.165, 1.54) is 17.6 Å². The molecule has 4 rings (SSSR count). The monoisotopic (exact) mass is 456 g/mol. The van der Waals surface area contributed by atoms with Crippen molar-refractivity contribution in [1.29, 1.82) is 0 Å². The molecule has 186 valence electrons. The van der Waals surface area contributed by atoms with E-state index in [-0.39, 0.29) is 33.7 Å². The predicted octanol–water partition coefficient (Wildman–Crippen LogP) is 6.63. The van der Waals surface area contributed by atoms with Gasteiger partial charge in [0.25, 0.3) is 0 Å². The summed E-state index contributed by atoms with van der Waals surface area (Å²) in [6.07, 6.45) is 11.7. The molecule has 7 atom stereocenters. The largest absolute Gasteiger partial charge is 0.393 e. The first-order valence-electron chi connectivity index (χ1n) is 13.4. The van der Waals surface area contributed by atoms with Crippen LogP contribution in [0.15, 0.2) is 23.3 Å². The van der Waals surface area contributed by atoms with Crippen LogP contribution in [-0.2, 0) is 4.79 Å². The fraction of sp³-hybridized carbons (Fsp3) is 0.833. The van der Waals surface area contributed by atoms with E-state index in [2.05, 4.69) is 47.6 Å². The van der Waals surface area contributed by atoms with Crippen molar-refractivity contribution < 1.29 is 15.0 Å². The summed E-state index contributed by atoms with van der Waals surface area (Å²) in [5.41, 5.74) is 1.79. The molecule has 33 heavy (non-hydrogen) atoms. The second kappa shape index (κ2) is 7.79. The molecule has 3 heteroatoms. The Balaban J connectivity index is 1.69. The van der Waals surface area contributed by atoms with Crippen LogP contribution in [0.2, 0.25) is 0 Å². The third-order valence-corrected chi connectivity index (χ3v) is 11.3. The topological polar surface area (TPSA) is 57.5 Å². The van der Waals surface area contributed by atoms with Crippen LogP contribution >= 0.6 is 0 Å². The van der Waals surface area contributed by atoms with Gasteiger partial charge in [0.15, 0.2) is 5.78 Å². The molecule has 0 aliphatic heterocycles. The lowest BCUT2D eigenvalue weighted by Gasteiger charge is -2.61. The van der Waals surface area contributed by atoms with Gasteiger partial charge in [0.05, 0.1) is 11.7 Å². The first-order chi connectivity index (χ1) is 15.1. The van der Waals surface area contributed by atoms with Crippen LogP contribution in [0.25, 0.3) is 0 Å². The second-order valence-electron chi connectivity index (χ2n) is 14.0. The maximum atomic E-state index is 13.9. The van der Waals surface area contributed by atoms with Crippen LogP contribution in [0.3, 0.4) is 0 Å². The van der Waals surface area contributed by atoms with E-state index in [0.29, 0.717) is 24.0 Å². The van der Waals surface area contributed by atoms with Crippen molar-refractivity contribution in [2.24, 2.45) is 39.4 Å². The van der Waals surface area contributed by atoms with E-state index in [0.717, 1.165) is 38.5 Å². The molecule has 4 aliphatic carbocycles. The highest BCUT2D eigenvalue weighted by molar-refractivity contribution is 5.99. The molecule has 2 saturated carbocycles. The summed E-state index contributed by atoms with van der Waals surface area (Å²) in [5, 5.41) is 20.8. The van der Waals surface area contributed by atoms with Crippen LogP contribution < -0.4 is 0 Å². The Bertz CT molecular complexity index is 873. The van der Waals surface area contributed by atoms with Gasteiger partial charge in [0.2, 0.25) is 0 Å². The average molecular weight is 457 g/mol. The summed E-state index contributed by atoms with van der Waals surface area (Å²) in [7, 11) is 0. The number of aliphatic hydroxyl groups excluding tert-OH is 1. The molecule has 2 fully saturated rings. The van der Waals surface area contributed by atoms with Crippen molar-refractivity contribution in [2.45, 2.75) is 118 Å². The second-order valence-corrected chi connectivity index (χ2v) is 14.0. The Kier molecular flexibility index (Phi) is 5.94. The molecule has 0 aromatic heterocycles. The van der Waals surface area contributed by atoms with Crippen LogP contribution in [0.4, 0.5) is 0 Å². The lowest BCUT2D eigenvalue weighted by Crippen LogP contribution is -2.57. The molecule has 3 nitrogen and oxygen atoms in total. The Labute approximate surface area is 202 Å². The van der Waals surface area contributed by atoms with E-state index < -0.39 is 5.60 Å². The minimum absolute atomic E-state index is 0.0372. The first-order valence-corrected chi connectivity index (χ1v) is 13.4. The van der Waals surface area contributed by atoms with Gasteiger partial charge in [-0.25, -0.2) is 0 Å². The number of carbonyl (C=O) groups excluding carboxylic acids is 1. The number of Topliss-reactive ketones (excluding diaryl/α,β-unsaturated/α-hetero) is 1. The summed E-state index contributed by atoms with van der Waals surface area (Å²) in [5.74, 6) is 1.73. The summed E-state index contributed by atoms with van der Waals surface area (Å²) >= 11 is 0. The zero-order valence-corrected chi connectivity index (χ0v) is 22.4. The maximum absolute atomic E-state index is 13.9. The fourth-order valence-corrected chi connectivity index (χ4v) is 9.04. The maximum Gasteiger partial charge on any atom is 0.159 e. The van der Waals surface area contributed by atoms with Crippen molar-refractivity contribution in [1.82, 2.24) is 0 Å². The minimum atomic E-state index is -0.764.